The number of nitrogens with two attached hydrogens (primary N) is 2. The molecule has 2 amide bonds. The van der Waals surface area contributed by atoms with Crippen molar-refractivity contribution in [1.82, 2.24) is 9.80 Å². The van der Waals surface area contributed by atoms with Crippen LogP contribution < -0.4 is 11.5 Å². The van der Waals surface area contributed by atoms with Crippen LogP contribution in [0.25, 0.3) is 0 Å². The summed E-state index contributed by atoms with van der Waals surface area (Å²) in [5, 5.41) is 40.7. The largest absolute Gasteiger partial charge is 0.481 e. The van der Waals surface area contributed by atoms with E-state index in [4.69, 9.17) is 11.5 Å². The first-order chi connectivity index (χ1) is 19.0. The van der Waals surface area contributed by atoms with E-state index in [1.807, 2.05) is 0 Å². The molecule has 0 bridgehead atoms. The van der Waals surface area contributed by atoms with Crippen molar-refractivity contribution in [2.45, 2.75) is 51.0 Å². The molecule has 220 valence electrons. The van der Waals surface area contributed by atoms with Crippen LogP contribution in [-0.4, -0.2) is 116 Å². The zero-order valence-corrected chi connectivity index (χ0v) is 23.7. The summed E-state index contributed by atoms with van der Waals surface area (Å²) >= 11 is 2.37. The number of hydrogen-bond acceptors (Lipinski definition) is 10. The molecular weight excluding hydrogens is 564 g/mol. The Morgan fingerprint density at radius 3 is 2.00 bits per heavy atom. The number of β-lactam (4-membered cyclic amide) rings is 1. The fourth-order valence-electron chi connectivity index (χ4n) is 5.33. The van der Waals surface area contributed by atoms with Crippen LogP contribution in [0.1, 0.15) is 26.7 Å². The van der Waals surface area contributed by atoms with Crippen molar-refractivity contribution in [2.24, 2.45) is 33.3 Å². The van der Waals surface area contributed by atoms with Crippen molar-refractivity contribution in [3.8, 4) is 0 Å². The third-order valence-electron chi connectivity index (χ3n) is 6.97. The molecule has 0 aromatic heterocycles. The summed E-state index contributed by atoms with van der Waals surface area (Å²) in [6.07, 6.45) is 0.0189. The first-order valence-corrected chi connectivity index (χ1v) is 14.6. The highest BCUT2D eigenvalue weighted by Gasteiger charge is 2.58. The van der Waals surface area contributed by atoms with Gasteiger partial charge in [-0.15, -0.1) is 23.5 Å². The molecule has 2 unspecified atom stereocenters. The van der Waals surface area contributed by atoms with Crippen molar-refractivity contribution in [3.05, 3.63) is 21.2 Å². The van der Waals surface area contributed by atoms with Gasteiger partial charge in [0.2, 0.25) is 5.91 Å². The Hall–Kier alpha value is -3.08. The van der Waals surface area contributed by atoms with Gasteiger partial charge in [-0.1, -0.05) is 0 Å². The summed E-state index contributed by atoms with van der Waals surface area (Å²) in [6.45, 7) is 3.34. The minimum Gasteiger partial charge on any atom is -0.481 e. The van der Waals surface area contributed by atoms with E-state index in [0.29, 0.717) is 23.0 Å². The normalized spacial score (nSPS) is 25.1. The number of fused-ring (bicyclic) bond motifs is 1. The molecule has 1 saturated heterocycles. The van der Waals surface area contributed by atoms with Crippen molar-refractivity contribution in [1.29, 1.82) is 0 Å². The molecule has 0 radical (unpaired) electrons. The third kappa shape index (κ3) is 6.14. The maximum atomic E-state index is 14.3. The average Bonchev–Trinajstić information content (AvgIpc) is 3.39. The fourth-order valence-corrected chi connectivity index (χ4v) is 7.43. The van der Waals surface area contributed by atoms with Crippen LogP contribution in [0.2, 0.25) is 0 Å². The van der Waals surface area contributed by atoms with Crippen LogP contribution in [0.4, 0.5) is 0 Å². The summed E-state index contributed by atoms with van der Waals surface area (Å²) in [6, 6.07) is -1.74. The summed E-state index contributed by atoms with van der Waals surface area (Å²) in [7, 11) is 0. The van der Waals surface area contributed by atoms with E-state index >= 15 is 0 Å². The van der Waals surface area contributed by atoms with Gasteiger partial charge in [0.1, 0.15) is 17.3 Å². The van der Waals surface area contributed by atoms with Gasteiger partial charge in [-0.2, -0.15) is 0 Å². The van der Waals surface area contributed by atoms with Gasteiger partial charge in [-0.3, -0.25) is 29.3 Å². The minimum atomic E-state index is -1.51. The molecular formula is C24H34N6O8S2. The summed E-state index contributed by atoms with van der Waals surface area (Å²) in [5.74, 6) is -5.70. The van der Waals surface area contributed by atoms with E-state index in [1.54, 1.807) is 0 Å². The molecule has 0 aliphatic carbocycles. The molecule has 0 aromatic rings. The zero-order chi connectivity index (χ0) is 29.7. The SMILES string of the molecule is C[C@@H](O)C(C(=O)O)C1CC(SCCN=CN)=C(C(=O)O)N1C(=O)C1=C(SCCN=CN)C[C@@H]2[C@@H]([C@@H](C)O)C(=O)N12. The number of aliphatic hydroxyl groups excluding tert-OH is 2. The summed E-state index contributed by atoms with van der Waals surface area (Å²) in [5.41, 5.74) is 10.1. The van der Waals surface area contributed by atoms with Gasteiger partial charge in [-0.25, -0.2) is 4.79 Å². The quantitative estimate of drug-likeness (QED) is 0.0626. The zero-order valence-electron chi connectivity index (χ0n) is 22.0. The predicted molar refractivity (Wildman–Crippen MR) is 150 cm³/mol. The van der Waals surface area contributed by atoms with Gasteiger partial charge in [0.05, 0.1) is 56.0 Å². The highest BCUT2D eigenvalue weighted by atomic mass is 32.2. The first kappa shape index (κ1) is 31.4. The van der Waals surface area contributed by atoms with E-state index in [0.717, 1.165) is 29.3 Å². The molecule has 0 spiro atoms. The number of hydrogen-bond donors (Lipinski definition) is 6. The Morgan fingerprint density at radius 1 is 1.00 bits per heavy atom. The molecule has 16 heteroatoms. The number of carboxylic acid groups (broad SMARTS) is 2. The van der Waals surface area contributed by atoms with E-state index in [-0.39, 0.29) is 30.0 Å². The monoisotopic (exact) mass is 598 g/mol. The molecule has 3 heterocycles. The number of carboxylic acids is 2. The Bertz CT molecular complexity index is 1150. The molecule has 40 heavy (non-hydrogen) atoms. The lowest BCUT2D eigenvalue weighted by Crippen LogP contribution is -2.62. The van der Waals surface area contributed by atoms with Crippen LogP contribution in [0, 0.1) is 11.8 Å². The second-order valence-electron chi connectivity index (χ2n) is 9.45. The smallest absolute Gasteiger partial charge is 0.353 e. The van der Waals surface area contributed by atoms with Gasteiger partial charge in [-0.05, 0) is 13.8 Å². The number of nitrogens with zero attached hydrogens (tertiary/aromatic N) is 4. The Kier molecular flexibility index (Phi) is 10.6. The molecule has 3 aliphatic heterocycles. The lowest BCUT2D eigenvalue weighted by Gasteiger charge is -2.45. The maximum Gasteiger partial charge on any atom is 0.353 e. The van der Waals surface area contributed by atoms with Gasteiger partial charge in [0.15, 0.2) is 0 Å². The number of carbonyl (C=O) groups excluding carboxylic acids is 2. The second kappa shape index (κ2) is 13.5. The van der Waals surface area contributed by atoms with Gasteiger partial charge in [0.25, 0.3) is 5.91 Å². The van der Waals surface area contributed by atoms with Crippen molar-refractivity contribution >= 4 is 60.0 Å². The minimum absolute atomic E-state index is 0.0499. The van der Waals surface area contributed by atoms with E-state index < -0.39 is 65.6 Å². The third-order valence-corrected chi connectivity index (χ3v) is 9.16. The second-order valence-corrected chi connectivity index (χ2v) is 11.8. The average molecular weight is 599 g/mol. The highest BCUT2D eigenvalue weighted by Crippen LogP contribution is 2.49. The van der Waals surface area contributed by atoms with Crippen LogP contribution in [0.15, 0.2) is 31.2 Å². The fraction of sp³-hybridized carbons (Fsp3) is 0.583. The number of aliphatic imine (C=N–C) groups is 2. The molecule has 1 fully saturated rings. The van der Waals surface area contributed by atoms with E-state index in [1.165, 1.54) is 30.5 Å². The molecule has 0 saturated carbocycles. The Labute approximate surface area is 239 Å². The van der Waals surface area contributed by atoms with Crippen LogP contribution >= 0.6 is 23.5 Å². The highest BCUT2D eigenvalue weighted by molar-refractivity contribution is 8.03. The number of rotatable bonds is 14. The van der Waals surface area contributed by atoms with E-state index in [9.17, 15) is 39.6 Å². The topological polar surface area (TPSA) is 232 Å². The number of thioether (sulfide) groups is 2. The molecule has 8 N–H and O–H groups in total. The Balaban J connectivity index is 2.09. The van der Waals surface area contributed by atoms with Crippen molar-refractivity contribution in [2.75, 3.05) is 24.6 Å². The molecule has 6 atom stereocenters. The van der Waals surface area contributed by atoms with Crippen LogP contribution in [0.3, 0.4) is 0 Å². The van der Waals surface area contributed by atoms with Gasteiger partial charge in [0, 0.05) is 34.2 Å². The van der Waals surface area contributed by atoms with Crippen LogP contribution in [0.5, 0.6) is 0 Å². The lowest BCUT2D eigenvalue weighted by molar-refractivity contribution is -0.161. The number of amides is 2. The summed E-state index contributed by atoms with van der Waals surface area (Å²) in [4.78, 5) is 62.9. The Morgan fingerprint density at radius 2 is 1.55 bits per heavy atom. The van der Waals surface area contributed by atoms with E-state index in [2.05, 4.69) is 9.98 Å². The standard InChI is InChI=1S/C24H34N6O8S2/c1-11(31)17-13-7-15(39-5-3-27-9-25)19(29(13)21(17)33)22(34)30-14(18(12(2)32)23(35)36)8-16(20(30)24(37)38)40-6-4-28-10-26/h9-14,17-18,31-32H,3-8H2,1-2H3,(H2,25,27)(H2,26,28)(H,35,36)(H,37,38)/t11-,12-,13-,14?,17-,18?/m1/s1. The molecule has 0 aromatic carbocycles. The molecule has 3 aliphatic rings. The number of carbonyl (C=O) groups is 4. The van der Waals surface area contributed by atoms with Gasteiger partial charge < -0.3 is 36.8 Å². The van der Waals surface area contributed by atoms with Crippen molar-refractivity contribution < 1.29 is 39.6 Å². The van der Waals surface area contributed by atoms with Crippen LogP contribution in [-0.2, 0) is 19.2 Å². The van der Waals surface area contributed by atoms with Gasteiger partial charge >= 0.3 is 11.9 Å². The lowest BCUT2D eigenvalue weighted by atomic mass is 9.83. The number of aliphatic carboxylic acids is 2. The first-order valence-electron chi connectivity index (χ1n) is 12.6. The molecule has 3 rings (SSSR count). The summed E-state index contributed by atoms with van der Waals surface area (Å²) < 4.78 is 0. The maximum absolute atomic E-state index is 14.3. The predicted octanol–water partition coefficient (Wildman–Crippen LogP) is -0.771. The molecule has 14 nitrogen and oxygen atoms in total. The van der Waals surface area contributed by atoms with Crippen molar-refractivity contribution in [3.63, 3.8) is 0 Å². The number of aliphatic hydroxyl groups is 2.